The lowest BCUT2D eigenvalue weighted by molar-refractivity contribution is 0.0684. The van der Waals surface area contributed by atoms with Crippen LogP contribution >= 0.6 is 63.7 Å². The van der Waals surface area contributed by atoms with Crippen LogP contribution in [0.3, 0.4) is 0 Å². The lowest BCUT2D eigenvalue weighted by Gasteiger charge is -2.06. The molecule has 0 saturated heterocycles. The number of aromatic carboxylic acids is 2. The fourth-order valence-electron chi connectivity index (χ4n) is 1.98. The van der Waals surface area contributed by atoms with Gasteiger partial charge in [0.15, 0.2) is 0 Å². The molecule has 2 rings (SSSR count). The summed E-state index contributed by atoms with van der Waals surface area (Å²) in [6.07, 6.45) is 3.60. The van der Waals surface area contributed by atoms with Crippen LogP contribution in [0.25, 0.3) is 12.2 Å². The van der Waals surface area contributed by atoms with Gasteiger partial charge in [0.2, 0.25) is 0 Å². The van der Waals surface area contributed by atoms with Crippen molar-refractivity contribution in [2.45, 2.75) is 0 Å². The molecule has 0 aliphatic carbocycles. The Hall–Kier alpha value is -0.960. The molecule has 0 spiro atoms. The number of hydrogen-bond acceptors (Lipinski definition) is 2. The molecule has 4 nitrogen and oxygen atoms in total. The Morgan fingerprint density at radius 2 is 0.917 bits per heavy atom. The highest BCUT2D eigenvalue weighted by Crippen LogP contribution is 2.30. The van der Waals surface area contributed by atoms with Crippen molar-refractivity contribution in [1.29, 1.82) is 0 Å². The molecule has 2 N–H and O–H groups in total. The Bertz CT molecular complexity index is 757. The first-order valence-electron chi connectivity index (χ1n) is 6.33. The van der Waals surface area contributed by atoms with Crippen molar-refractivity contribution in [3.05, 3.63) is 64.4 Å². The summed E-state index contributed by atoms with van der Waals surface area (Å²) in [5.41, 5.74) is 1.88. The number of carboxylic acids is 2. The van der Waals surface area contributed by atoms with Crippen LogP contribution in [-0.2, 0) is 0 Å². The minimum Gasteiger partial charge on any atom is -0.478 e. The van der Waals surface area contributed by atoms with Crippen molar-refractivity contribution in [1.82, 2.24) is 0 Å². The van der Waals surface area contributed by atoms with Gasteiger partial charge in [0.1, 0.15) is 0 Å². The number of carboxylic acid groups (broad SMARTS) is 2. The maximum absolute atomic E-state index is 11.2. The summed E-state index contributed by atoms with van der Waals surface area (Å²) in [6, 6.07) is 6.78. The van der Waals surface area contributed by atoms with E-state index < -0.39 is 11.9 Å². The molecule has 2 aromatic rings. The average molecular weight is 584 g/mol. The first-order valence-corrected chi connectivity index (χ1v) is 9.50. The van der Waals surface area contributed by atoms with Gasteiger partial charge in [-0.1, -0.05) is 12.2 Å². The van der Waals surface area contributed by atoms with E-state index in [0.29, 0.717) is 17.9 Å². The quantitative estimate of drug-likeness (QED) is 0.414. The largest absolute Gasteiger partial charge is 0.478 e. The van der Waals surface area contributed by atoms with E-state index in [4.69, 9.17) is 10.2 Å². The van der Waals surface area contributed by atoms with Crippen LogP contribution in [0.15, 0.2) is 42.2 Å². The first kappa shape index (κ1) is 19.4. The zero-order valence-corrected chi connectivity index (χ0v) is 18.0. The van der Waals surface area contributed by atoms with Gasteiger partial charge >= 0.3 is 11.9 Å². The summed E-state index contributed by atoms with van der Waals surface area (Å²) in [6.45, 7) is 0. The molecule has 0 atom stereocenters. The molecular weight excluding hydrogens is 576 g/mol. The third kappa shape index (κ3) is 4.36. The van der Waals surface area contributed by atoms with Gasteiger partial charge in [-0.05, 0) is 99.1 Å². The lowest BCUT2D eigenvalue weighted by atomic mass is 10.1. The third-order valence-corrected chi connectivity index (χ3v) is 5.53. The molecule has 0 unspecified atom stereocenters. The summed E-state index contributed by atoms with van der Waals surface area (Å²) in [4.78, 5) is 22.3. The number of benzene rings is 2. The van der Waals surface area contributed by atoms with Crippen LogP contribution in [0, 0.1) is 0 Å². The molecule has 124 valence electrons. The minimum absolute atomic E-state index is 0.156. The molecule has 24 heavy (non-hydrogen) atoms. The van der Waals surface area contributed by atoms with Gasteiger partial charge in [0.25, 0.3) is 0 Å². The minimum atomic E-state index is -1.03. The second-order valence-corrected chi connectivity index (χ2v) is 8.08. The highest BCUT2D eigenvalue weighted by molar-refractivity contribution is 9.11. The van der Waals surface area contributed by atoms with Crippen molar-refractivity contribution >= 4 is 87.8 Å². The molecule has 0 aliphatic heterocycles. The summed E-state index contributed by atoms with van der Waals surface area (Å²) >= 11 is 13.0. The molecule has 0 fully saturated rings. The fraction of sp³-hybridized carbons (Fsp3) is 0. The Kier molecular flexibility index (Phi) is 6.41. The lowest BCUT2D eigenvalue weighted by Crippen LogP contribution is -2.00. The van der Waals surface area contributed by atoms with Gasteiger partial charge in [-0.15, -0.1) is 0 Å². The predicted molar refractivity (Wildman–Crippen MR) is 107 cm³/mol. The van der Waals surface area contributed by atoms with Crippen molar-refractivity contribution < 1.29 is 19.8 Å². The molecule has 0 aromatic heterocycles. The Morgan fingerprint density at radius 3 is 1.12 bits per heavy atom. The van der Waals surface area contributed by atoms with Crippen LogP contribution in [0.2, 0.25) is 0 Å². The molecule has 8 heteroatoms. The van der Waals surface area contributed by atoms with E-state index in [1.165, 1.54) is 0 Å². The molecular formula is C16H8Br4O4. The van der Waals surface area contributed by atoms with E-state index >= 15 is 0 Å². The summed E-state index contributed by atoms with van der Waals surface area (Å²) in [7, 11) is 0. The van der Waals surface area contributed by atoms with Crippen molar-refractivity contribution in [2.75, 3.05) is 0 Å². The van der Waals surface area contributed by atoms with Crippen LogP contribution in [0.1, 0.15) is 31.8 Å². The smallest absolute Gasteiger partial charge is 0.337 e. The standard InChI is InChI=1S/C16H8Br4O4/c17-9-3-7(4-10(18)13(9)15(21)22)1-2-8-5-11(19)14(16(23)24)12(20)6-8/h1-6H,(H,21,22)(H,23,24)/b2-1+. The van der Waals surface area contributed by atoms with E-state index in [-0.39, 0.29) is 11.1 Å². The van der Waals surface area contributed by atoms with E-state index in [1.54, 1.807) is 36.4 Å². The third-order valence-electron chi connectivity index (χ3n) is 3.02. The second kappa shape index (κ2) is 7.95. The Balaban J connectivity index is 2.39. The Morgan fingerprint density at radius 1 is 0.667 bits per heavy atom. The summed E-state index contributed by atoms with van der Waals surface area (Å²) < 4.78 is 1.86. The van der Waals surface area contributed by atoms with Gasteiger partial charge in [-0.2, -0.15) is 0 Å². The zero-order valence-electron chi connectivity index (χ0n) is 11.7. The Labute approximate surface area is 171 Å². The fourth-order valence-corrected chi connectivity index (χ4v) is 5.10. The number of hydrogen-bond donors (Lipinski definition) is 2. The van der Waals surface area contributed by atoms with Crippen LogP contribution in [0.5, 0.6) is 0 Å². The summed E-state index contributed by atoms with van der Waals surface area (Å²) in [5, 5.41) is 18.3. The maximum Gasteiger partial charge on any atom is 0.337 e. The molecule has 0 radical (unpaired) electrons. The summed E-state index contributed by atoms with van der Waals surface area (Å²) in [5.74, 6) is -2.05. The van der Waals surface area contributed by atoms with Gasteiger partial charge in [0, 0.05) is 17.9 Å². The maximum atomic E-state index is 11.2. The molecule has 0 bridgehead atoms. The van der Waals surface area contributed by atoms with Gasteiger partial charge in [-0.25, -0.2) is 9.59 Å². The van der Waals surface area contributed by atoms with E-state index in [9.17, 15) is 9.59 Å². The first-order chi connectivity index (χ1) is 11.2. The topological polar surface area (TPSA) is 74.6 Å². The SMILES string of the molecule is O=C(O)c1c(Br)cc(/C=C/c2cc(Br)c(C(=O)O)c(Br)c2)cc1Br. The molecule has 0 aliphatic rings. The van der Waals surface area contributed by atoms with Crippen molar-refractivity contribution in [3.8, 4) is 0 Å². The highest BCUT2D eigenvalue weighted by atomic mass is 79.9. The molecule has 0 amide bonds. The van der Waals surface area contributed by atoms with E-state index in [0.717, 1.165) is 11.1 Å². The molecule has 0 saturated carbocycles. The van der Waals surface area contributed by atoms with E-state index in [2.05, 4.69) is 63.7 Å². The van der Waals surface area contributed by atoms with Gasteiger partial charge in [-0.3, -0.25) is 0 Å². The van der Waals surface area contributed by atoms with Crippen LogP contribution in [-0.4, -0.2) is 22.2 Å². The van der Waals surface area contributed by atoms with E-state index in [1.807, 2.05) is 0 Å². The molecule has 2 aromatic carbocycles. The average Bonchev–Trinajstić information content (AvgIpc) is 2.42. The number of halogens is 4. The van der Waals surface area contributed by atoms with Crippen LogP contribution < -0.4 is 0 Å². The number of rotatable bonds is 4. The van der Waals surface area contributed by atoms with Crippen molar-refractivity contribution in [3.63, 3.8) is 0 Å². The zero-order chi connectivity index (χ0) is 18.0. The van der Waals surface area contributed by atoms with Gasteiger partial charge < -0.3 is 10.2 Å². The second-order valence-electron chi connectivity index (χ2n) is 4.66. The van der Waals surface area contributed by atoms with Gasteiger partial charge in [0.05, 0.1) is 11.1 Å². The van der Waals surface area contributed by atoms with Crippen LogP contribution in [0.4, 0.5) is 0 Å². The normalized spacial score (nSPS) is 11.0. The predicted octanol–water partition coefficient (Wildman–Crippen LogP) is 6.30. The van der Waals surface area contributed by atoms with Crippen molar-refractivity contribution in [2.24, 2.45) is 0 Å². The number of carbonyl (C=O) groups is 2. The highest BCUT2D eigenvalue weighted by Gasteiger charge is 2.14. The monoisotopic (exact) mass is 580 g/mol. The molecule has 0 heterocycles.